The third-order valence-electron chi connectivity index (χ3n) is 6.64. The Bertz CT molecular complexity index is 1720. The molecule has 11 nitrogen and oxygen atoms in total. The van der Waals surface area contributed by atoms with E-state index in [0.29, 0.717) is 10.6 Å². The second kappa shape index (κ2) is 11.4. The summed E-state index contributed by atoms with van der Waals surface area (Å²) in [6, 6.07) is 18.7. The van der Waals surface area contributed by atoms with Gasteiger partial charge in [-0.2, -0.15) is 0 Å². The number of hydrogen-bond donors (Lipinski definition) is 1. The van der Waals surface area contributed by atoms with E-state index in [2.05, 4.69) is 15.4 Å². The average Bonchev–Trinajstić information content (AvgIpc) is 3.53. The molecule has 5 rings (SSSR count). The van der Waals surface area contributed by atoms with Gasteiger partial charge in [-0.05, 0) is 37.3 Å². The normalized spacial score (nSPS) is 13.1. The first kappa shape index (κ1) is 28.4. The lowest BCUT2D eigenvalue weighted by Gasteiger charge is -2.18. The second-order valence-corrected chi connectivity index (χ2v) is 10.2. The summed E-state index contributed by atoms with van der Waals surface area (Å²) in [4.78, 5) is 71.5. The first-order valence-corrected chi connectivity index (χ1v) is 13.3. The lowest BCUT2D eigenvalue weighted by atomic mass is 10.0. The summed E-state index contributed by atoms with van der Waals surface area (Å²) in [7, 11) is 3.09. The third-order valence-corrected chi connectivity index (χ3v) is 6.88. The predicted molar refractivity (Wildman–Crippen MR) is 153 cm³/mol. The van der Waals surface area contributed by atoms with Gasteiger partial charge in [0.05, 0.1) is 22.9 Å². The van der Waals surface area contributed by atoms with Gasteiger partial charge < -0.3 is 10.2 Å². The lowest BCUT2D eigenvalue weighted by molar-refractivity contribution is -0.122. The van der Waals surface area contributed by atoms with Gasteiger partial charge in [-0.1, -0.05) is 54.1 Å². The second-order valence-electron chi connectivity index (χ2n) is 9.79. The van der Waals surface area contributed by atoms with Crippen LogP contribution in [-0.4, -0.2) is 74.6 Å². The van der Waals surface area contributed by atoms with Crippen LogP contribution in [0, 0.1) is 0 Å². The average molecular weight is 585 g/mol. The number of carbonyl (C=O) groups is 5. The molecule has 4 aromatic rings. The van der Waals surface area contributed by atoms with E-state index in [1.807, 2.05) is 0 Å². The van der Waals surface area contributed by atoms with Crippen LogP contribution in [0.3, 0.4) is 0 Å². The van der Waals surface area contributed by atoms with Crippen molar-refractivity contribution in [1.82, 2.24) is 29.9 Å². The van der Waals surface area contributed by atoms with Crippen LogP contribution in [0.25, 0.3) is 5.69 Å². The van der Waals surface area contributed by atoms with Gasteiger partial charge >= 0.3 is 0 Å². The third kappa shape index (κ3) is 5.29. The molecule has 212 valence electrons. The van der Waals surface area contributed by atoms with Crippen LogP contribution in [0.5, 0.6) is 0 Å². The quantitative estimate of drug-likeness (QED) is 0.248. The van der Waals surface area contributed by atoms with Crippen molar-refractivity contribution in [3.8, 4) is 5.69 Å². The molecule has 0 spiro atoms. The Hall–Kier alpha value is -5.16. The molecular weight excluding hydrogens is 560 g/mol. The molecule has 0 bridgehead atoms. The smallest absolute Gasteiger partial charge is 0.293 e. The molecule has 1 aliphatic rings. The number of carbonyl (C=O) groups excluding carboxylic acids is 5. The highest BCUT2D eigenvalue weighted by atomic mass is 35.5. The minimum Gasteiger partial charge on any atom is -0.345 e. The molecule has 12 heteroatoms. The summed E-state index contributed by atoms with van der Waals surface area (Å²) in [5, 5.41) is 7.44. The molecule has 1 N–H and O–H groups in total. The van der Waals surface area contributed by atoms with Crippen molar-refractivity contribution in [2.24, 2.45) is 0 Å². The fourth-order valence-electron chi connectivity index (χ4n) is 4.57. The van der Waals surface area contributed by atoms with Gasteiger partial charge in [0.15, 0.2) is 11.6 Å². The van der Waals surface area contributed by atoms with E-state index in [4.69, 9.17) is 11.6 Å². The molecule has 42 heavy (non-hydrogen) atoms. The van der Waals surface area contributed by atoms with E-state index < -0.39 is 36.2 Å². The van der Waals surface area contributed by atoms with E-state index >= 15 is 0 Å². The van der Waals surface area contributed by atoms with Gasteiger partial charge in [0.1, 0.15) is 6.54 Å². The van der Waals surface area contributed by atoms with Gasteiger partial charge in [-0.3, -0.25) is 28.9 Å². The summed E-state index contributed by atoms with van der Waals surface area (Å²) in [5.74, 6) is -2.62. The number of amides is 4. The SMILES string of the molecule is CC(NC(=O)CN1C(=O)c2ccccc2C1=O)c1nc(C(=O)N(C)C)nn1-c1ccc(Cl)cc1C(=O)c1ccccc1. The summed E-state index contributed by atoms with van der Waals surface area (Å²) in [5.41, 5.74) is 1.36. The van der Waals surface area contributed by atoms with Crippen molar-refractivity contribution in [3.05, 3.63) is 112 Å². The van der Waals surface area contributed by atoms with Crippen molar-refractivity contribution in [1.29, 1.82) is 0 Å². The highest BCUT2D eigenvalue weighted by molar-refractivity contribution is 6.31. The molecule has 0 fully saturated rings. The number of halogens is 1. The maximum Gasteiger partial charge on any atom is 0.293 e. The molecule has 0 saturated carbocycles. The number of imide groups is 1. The Balaban J connectivity index is 1.48. The van der Waals surface area contributed by atoms with Crippen LogP contribution >= 0.6 is 11.6 Å². The van der Waals surface area contributed by atoms with Gasteiger partial charge in [-0.15, -0.1) is 5.10 Å². The summed E-state index contributed by atoms with van der Waals surface area (Å²) in [6.07, 6.45) is 0. The molecule has 4 amide bonds. The topological polar surface area (TPSA) is 135 Å². The van der Waals surface area contributed by atoms with Gasteiger partial charge in [0, 0.05) is 30.2 Å². The highest BCUT2D eigenvalue weighted by Gasteiger charge is 2.36. The molecule has 3 aromatic carbocycles. The molecular formula is C30H25ClN6O5. The van der Waals surface area contributed by atoms with Crippen molar-refractivity contribution in [3.63, 3.8) is 0 Å². The number of rotatable bonds is 8. The highest BCUT2D eigenvalue weighted by Crippen LogP contribution is 2.26. The zero-order valence-electron chi connectivity index (χ0n) is 22.9. The number of aromatic nitrogens is 3. The maximum absolute atomic E-state index is 13.5. The molecule has 0 radical (unpaired) electrons. The number of benzene rings is 3. The van der Waals surface area contributed by atoms with E-state index in [1.165, 1.54) is 27.8 Å². The van der Waals surface area contributed by atoms with Crippen LogP contribution < -0.4 is 5.32 Å². The van der Waals surface area contributed by atoms with Crippen LogP contribution in [0.2, 0.25) is 5.02 Å². The monoisotopic (exact) mass is 584 g/mol. The van der Waals surface area contributed by atoms with Gasteiger partial charge in [0.2, 0.25) is 11.7 Å². The number of nitrogens with zero attached hydrogens (tertiary/aromatic N) is 5. The Kier molecular flexibility index (Phi) is 7.68. The van der Waals surface area contributed by atoms with E-state index in [9.17, 15) is 24.0 Å². The Morgan fingerprint density at radius 3 is 2.17 bits per heavy atom. The van der Waals surface area contributed by atoms with Crippen molar-refractivity contribution >= 4 is 41.0 Å². The number of nitrogens with one attached hydrogen (secondary N) is 1. The lowest BCUT2D eigenvalue weighted by Crippen LogP contribution is -2.41. The largest absolute Gasteiger partial charge is 0.345 e. The van der Waals surface area contributed by atoms with E-state index in [-0.39, 0.29) is 39.8 Å². The minimum absolute atomic E-state index is 0.139. The van der Waals surface area contributed by atoms with E-state index in [1.54, 1.807) is 75.6 Å². The maximum atomic E-state index is 13.5. The fourth-order valence-corrected chi connectivity index (χ4v) is 4.74. The fraction of sp³-hybridized carbons (Fsp3) is 0.167. The Labute approximate surface area is 245 Å². The predicted octanol–water partition coefficient (Wildman–Crippen LogP) is 3.33. The molecule has 1 atom stereocenters. The molecule has 1 aromatic heterocycles. The van der Waals surface area contributed by atoms with E-state index in [0.717, 1.165) is 4.90 Å². The van der Waals surface area contributed by atoms with Crippen LogP contribution in [0.15, 0.2) is 72.8 Å². The molecule has 0 aliphatic carbocycles. The summed E-state index contributed by atoms with van der Waals surface area (Å²) >= 11 is 6.27. The zero-order valence-corrected chi connectivity index (χ0v) is 23.6. The van der Waals surface area contributed by atoms with Gasteiger partial charge in [-0.25, -0.2) is 9.67 Å². The molecule has 0 saturated heterocycles. The summed E-state index contributed by atoms with van der Waals surface area (Å²) in [6.45, 7) is 1.09. The van der Waals surface area contributed by atoms with Crippen LogP contribution in [0.4, 0.5) is 0 Å². The number of fused-ring (bicyclic) bond motifs is 1. The van der Waals surface area contributed by atoms with Crippen molar-refractivity contribution in [2.75, 3.05) is 20.6 Å². The Morgan fingerprint density at radius 2 is 1.55 bits per heavy atom. The van der Waals surface area contributed by atoms with Crippen LogP contribution in [-0.2, 0) is 4.79 Å². The number of ketones is 1. The first-order valence-electron chi connectivity index (χ1n) is 12.9. The first-order chi connectivity index (χ1) is 20.1. The number of hydrogen-bond acceptors (Lipinski definition) is 7. The van der Waals surface area contributed by atoms with Crippen molar-refractivity contribution in [2.45, 2.75) is 13.0 Å². The molecule has 1 aliphatic heterocycles. The minimum atomic E-state index is -0.862. The zero-order chi connectivity index (χ0) is 30.1. The molecule has 2 heterocycles. The standard InChI is InChI=1S/C30H25ClN6O5/c1-17(32-24(38)16-36-28(40)20-11-7-8-12-21(20)29(36)41)27-33-26(30(42)35(2)3)34-37(27)23-14-13-19(31)15-22(23)25(39)18-9-5-4-6-10-18/h4-15,17H,16H2,1-3H3,(H,32,38). The molecule has 1 unspecified atom stereocenters. The summed E-state index contributed by atoms with van der Waals surface area (Å²) < 4.78 is 1.32. The van der Waals surface area contributed by atoms with Crippen molar-refractivity contribution < 1.29 is 24.0 Å². The Morgan fingerprint density at radius 1 is 0.929 bits per heavy atom. The van der Waals surface area contributed by atoms with Gasteiger partial charge in [0.25, 0.3) is 17.7 Å². The van der Waals surface area contributed by atoms with Crippen LogP contribution in [0.1, 0.15) is 66.0 Å².